The van der Waals surface area contributed by atoms with Gasteiger partial charge in [-0.25, -0.2) is 0 Å². The van der Waals surface area contributed by atoms with E-state index in [1.165, 1.54) is 5.56 Å². The molecule has 124 valence electrons. The van der Waals surface area contributed by atoms with Gasteiger partial charge in [0.2, 0.25) is 0 Å². The van der Waals surface area contributed by atoms with Gasteiger partial charge in [0.1, 0.15) is 0 Å². The fraction of sp³-hybridized carbons (Fsp3) is 0.143. The number of fused-ring (bicyclic) bond motifs is 1. The van der Waals surface area contributed by atoms with Crippen molar-refractivity contribution in [2.24, 2.45) is 0 Å². The average Bonchev–Trinajstić information content (AvgIpc) is 2.90. The topological polar surface area (TPSA) is 45.2 Å². The SMILES string of the molecule is Cc1ccc(NC2c3ncccc3C(=O)N2c2ccc(C)cc2)cc1. The Labute approximate surface area is 147 Å². The Bertz CT molecular complexity index is 917. The molecular weight excluding hydrogens is 310 g/mol. The number of aryl methyl sites for hydroxylation is 2. The van der Waals surface area contributed by atoms with Crippen molar-refractivity contribution in [1.29, 1.82) is 0 Å². The van der Waals surface area contributed by atoms with Crippen LogP contribution in [-0.2, 0) is 0 Å². The van der Waals surface area contributed by atoms with Crippen LogP contribution in [0.25, 0.3) is 0 Å². The largest absolute Gasteiger partial charge is 0.360 e. The zero-order chi connectivity index (χ0) is 17.4. The summed E-state index contributed by atoms with van der Waals surface area (Å²) in [5.41, 5.74) is 5.58. The molecule has 2 aromatic carbocycles. The van der Waals surface area contributed by atoms with E-state index in [2.05, 4.69) is 29.4 Å². The molecule has 0 aliphatic carbocycles. The highest BCUT2D eigenvalue weighted by molar-refractivity contribution is 6.11. The molecule has 1 amide bonds. The van der Waals surface area contributed by atoms with Crippen molar-refractivity contribution < 1.29 is 4.79 Å². The summed E-state index contributed by atoms with van der Waals surface area (Å²) in [5, 5.41) is 3.46. The van der Waals surface area contributed by atoms with Crippen molar-refractivity contribution in [3.63, 3.8) is 0 Å². The molecule has 4 nitrogen and oxygen atoms in total. The van der Waals surface area contributed by atoms with E-state index in [9.17, 15) is 4.79 Å². The van der Waals surface area contributed by atoms with E-state index in [1.54, 1.807) is 17.2 Å². The van der Waals surface area contributed by atoms with E-state index in [0.717, 1.165) is 22.6 Å². The number of rotatable bonds is 3. The number of anilines is 2. The lowest BCUT2D eigenvalue weighted by Gasteiger charge is -2.26. The number of aromatic nitrogens is 1. The first-order chi connectivity index (χ1) is 12.1. The number of pyridine rings is 1. The summed E-state index contributed by atoms with van der Waals surface area (Å²) >= 11 is 0. The summed E-state index contributed by atoms with van der Waals surface area (Å²) in [4.78, 5) is 19.2. The van der Waals surface area contributed by atoms with Gasteiger partial charge in [-0.1, -0.05) is 35.4 Å². The monoisotopic (exact) mass is 329 g/mol. The number of nitrogens with zero attached hydrogens (tertiary/aromatic N) is 2. The number of carbonyl (C=O) groups is 1. The van der Waals surface area contributed by atoms with Crippen LogP contribution in [0.1, 0.15) is 33.3 Å². The van der Waals surface area contributed by atoms with Gasteiger partial charge in [0.25, 0.3) is 5.91 Å². The van der Waals surface area contributed by atoms with Crippen molar-refractivity contribution in [3.8, 4) is 0 Å². The number of hydrogen-bond acceptors (Lipinski definition) is 3. The van der Waals surface area contributed by atoms with Gasteiger partial charge in [-0.3, -0.25) is 14.7 Å². The van der Waals surface area contributed by atoms with Crippen molar-refractivity contribution >= 4 is 17.3 Å². The van der Waals surface area contributed by atoms with Crippen LogP contribution in [0.3, 0.4) is 0 Å². The highest BCUT2D eigenvalue weighted by Gasteiger charge is 2.38. The van der Waals surface area contributed by atoms with E-state index in [-0.39, 0.29) is 12.1 Å². The second kappa shape index (κ2) is 6.06. The Morgan fingerprint density at radius 2 is 1.56 bits per heavy atom. The minimum absolute atomic E-state index is 0.0310. The number of amides is 1. The van der Waals surface area contributed by atoms with Crippen LogP contribution in [0.5, 0.6) is 0 Å². The molecule has 1 aliphatic rings. The minimum Gasteiger partial charge on any atom is -0.360 e. The van der Waals surface area contributed by atoms with Crippen molar-refractivity contribution in [2.75, 3.05) is 10.2 Å². The summed E-state index contributed by atoms with van der Waals surface area (Å²) in [5.74, 6) is -0.0310. The minimum atomic E-state index is -0.325. The van der Waals surface area contributed by atoms with Crippen LogP contribution in [0.4, 0.5) is 11.4 Å². The second-order valence-electron chi connectivity index (χ2n) is 6.36. The van der Waals surface area contributed by atoms with E-state index in [0.29, 0.717) is 5.56 Å². The molecule has 1 unspecified atom stereocenters. The smallest absolute Gasteiger partial charge is 0.262 e. The van der Waals surface area contributed by atoms with Crippen LogP contribution in [-0.4, -0.2) is 10.9 Å². The number of benzene rings is 2. The van der Waals surface area contributed by atoms with Gasteiger partial charge in [-0.2, -0.15) is 0 Å². The van der Waals surface area contributed by atoms with E-state index >= 15 is 0 Å². The Morgan fingerprint density at radius 3 is 2.24 bits per heavy atom. The van der Waals surface area contributed by atoms with E-state index in [1.807, 2.05) is 49.4 Å². The first-order valence-corrected chi connectivity index (χ1v) is 8.32. The molecule has 25 heavy (non-hydrogen) atoms. The third-order valence-electron chi connectivity index (χ3n) is 4.47. The first kappa shape index (κ1) is 15.4. The molecule has 4 heteroatoms. The number of nitrogens with one attached hydrogen (secondary N) is 1. The zero-order valence-corrected chi connectivity index (χ0v) is 14.2. The maximum Gasteiger partial charge on any atom is 0.262 e. The number of hydrogen-bond donors (Lipinski definition) is 1. The molecule has 0 fully saturated rings. The van der Waals surface area contributed by atoms with Gasteiger partial charge < -0.3 is 5.32 Å². The van der Waals surface area contributed by atoms with Gasteiger partial charge >= 0.3 is 0 Å². The Morgan fingerprint density at radius 1 is 0.920 bits per heavy atom. The predicted octanol–water partition coefficient (Wildman–Crippen LogP) is 4.47. The predicted molar refractivity (Wildman–Crippen MR) is 99.8 cm³/mol. The molecule has 3 aromatic rings. The lowest BCUT2D eigenvalue weighted by molar-refractivity contribution is 0.0993. The molecule has 1 N–H and O–H groups in total. The lowest BCUT2D eigenvalue weighted by atomic mass is 10.2. The molecule has 0 spiro atoms. The van der Waals surface area contributed by atoms with Gasteiger partial charge in [-0.05, 0) is 50.2 Å². The highest BCUT2D eigenvalue weighted by Crippen LogP contribution is 2.36. The van der Waals surface area contributed by atoms with Gasteiger partial charge in [-0.15, -0.1) is 0 Å². The molecular formula is C21H19N3O. The first-order valence-electron chi connectivity index (χ1n) is 8.32. The lowest BCUT2D eigenvalue weighted by Crippen LogP contribution is -2.32. The Kier molecular flexibility index (Phi) is 3.73. The average molecular weight is 329 g/mol. The quantitative estimate of drug-likeness (QED) is 0.771. The van der Waals surface area contributed by atoms with E-state index in [4.69, 9.17) is 0 Å². The molecule has 1 aromatic heterocycles. The maximum absolute atomic E-state index is 13.0. The normalized spacial score (nSPS) is 16.0. The molecule has 0 saturated heterocycles. The molecule has 0 saturated carbocycles. The van der Waals surface area contributed by atoms with Gasteiger partial charge in [0.15, 0.2) is 6.17 Å². The van der Waals surface area contributed by atoms with Crippen molar-refractivity contribution in [3.05, 3.63) is 89.2 Å². The molecule has 0 radical (unpaired) electrons. The van der Waals surface area contributed by atoms with Crippen LogP contribution >= 0.6 is 0 Å². The van der Waals surface area contributed by atoms with Crippen LogP contribution in [0, 0.1) is 13.8 Å². The molecule has 2 heterocycles. The maximum atomic E-state index is 13.0. The third kappa shape index (κ3) is 2.76. The summed E-state index contributed by atoms with van der Waals surface area (Å²) in [6, 6.07) is 19.8. The molecule has 1 aliphatic heterocycles. The zero-order valence-electron chi connectivity index (χ0n) is 14.2. The summed E-state index contributed by atoms with van der Waals surface area (Å²) in [6.45, 7) is 4.09. The summed E-state index contributed by atoms with van der Waals surface area (Å²) < 4.78 is 0. The Hall–Kier alpha value is -3.14. The number of carbonyl (C=O) groups excluding carboxylic acids is 1. The third-order valence-corrected chi connectivity index (χ3v) is 4.47. The van der Waals surface area contributed by atoms with Gasteiger partial charge in [0.05, 0.1) is 11.3 Å². The molecule has 1 atom stereocenters. The Balaban J connectivity index is 1.77. The van der Waals surface area contributed by atoms with Crippen LogP contribution in [0.15, 0.2) is 66.9 Å². The van der Waals surface area contributed by atoms with Crippen LogP contribution < -0.4 is 10.2 Å². The summed E-state index contributed by atoms with van der Waals surface area (Å²) in [6.07, 6.45) is 1.41. The van der Waals surface area contributed by atoms with E-state index < -0.39 is 0 Å². The molecule has 4 rings (SSSR count). The van der Waals surface area contributed by atoms with Crippen molar-refractivity contribution in [1.82, 2.24) is 4.98 Å². The fourth-order valence-corrected chi connectivity index (χ4v) is 3.10. The van der Waals surface area contributed by atoms with Gasteiger partial charge in [0, 0.05) is 17.6 Å². The highest BCUT2D eigenvalue weighted by atomic mass is 16.2. The fourth-order valence-electron chi connectivity index (χ4n) is 3.10. The molecule has 0 bridgehead atoms. The van der Waals surface area contributed by atoms with Crippen LogP contribution in [0.2, 0.25) is 0 Å². The summed E-state index contributed by atoms with van der Waals surface area (Å²) in [7, 11) is 0. The second-order valence-corrected chi connectivity index (χ2v) is 6.36. The van der Waals surface area contributed by atoms with Crippen molar-refractivity contribution in [2.45, 2.75) is 20.0 Å². The standard InChI is InChI=1S/C21H19N3O/c1-14-5-9-16(10-6-14)23-20-19-18(4-3-13-22-19)21(25)24(20)17-11-7-15(2)8-12-17/h3-13,20,23H,1-2H3.